The van der Waals surface area contributed by atoms with Crippen LogP contribution in [0.1, 0.15) is 18.2 Å². The van der Waals surface area contributed by atoms with Crippen LogP contribution in [0.5, 0.6) is 5.88 Å². The summed E-state index contributed by atoms with van der Waals surface area (Å²) in [6, 6.07) is 13.8. The molecule has 0 aliphatic rings. The van der Waals surface area contributed by atoms with Gasteiger partial charge in [-0.3, -0.25) is 4.90 Å². The van der Waals surface area contributed by atoms with Crippen molar-refractivity contribution in [3.8, 4) is 5.88 Å². The monoisotopic (exact) mass is 271 g/mol. The van der Waals surface area contributed by atoms with E-state index in [9.17, 15) is 0 Å². The lowest BCUT2D eigenvalue weighted by molar-refractivity contribution is 0.267. The predicted molar refractivity (Wildman–Crippen MR) is 81.4 cm³/mol. The average Bonchev–Trinajstić information content (AvgIpc) is 2.49. The van der Waals surface area contributed by atoms with E-state index in [1.165, 1.54) is 0 Å². The number of benzene rings is 1. The Morgan fingerprint density at radius 3 is 2.60 bits per heavy atom. The Balaban J connectivity index is 2.07. The summed E-state index contributed by atoms with van der Waals surface area (Å²) in [5.74, 6) is 0.651. The Morgan fingerprint density at radius 1 is 1.10 bits per heavy atom. The molecule has 2 rings (SSSR count). The number of hydrogen-bond acceptors (Lipinski definition) is 4. The topological polar surface area (TPSA) is 51.4 Å². The van der Waals surface area contributed by atoms with E-state index in [-0.39, 0.29) is 0 Å². The number of methoxy groups -OCH3 is 1. The molecule has 1 heterocycles. The maximum Gasteiger partial charge on any atom is 0.213 e. The lowest BCUT2D eigenvalue weighted by Crippen LogP contribution is -2.23. The van der Waals surface area contributed by atoms with E-state index in [0.29, 0.717) is 5.88 Å². The molecular weight excluding hydrogens is 250 g/mol. The molecule has 0 radical (unpaired) electrons. The van der Waals surface area contributed by atoms with Crippen LogP contribution in [0.2, 0.25) is 0 Å². The number of nitrogens with two attached hydrogens (primary N) is 1. The minimum atomic E-state index is 0.651. The van der Waals surface area contributed by atoms with Crippen molar-refractivity contribution in [1.82, 2.24) is 9.88 Å². The van der Waals surface area contributed by atoms with Crippen LogP contribution in [0, 0.1) is 0 Å². The molecule has 2 aromatic rings. The fourth-order valence-corrected chi connectivity index (χ4v) is 2.09. The second kappa shape index (κ2) is 6.91. The van der Waals surface area contributed by atoms with Crippen molar-refractivity contribution in [1.29, 1.82) is 0 Å². The molecule has 0 atom stereocenters. The number of aromatic nitrogens is 1. The largest absolute Gasteiger partial charge is 0.481 e. The SMILES string of the molecule is CCN(Cc1cccc(OC)n1)Cc1ccccc1N. The summed E-state index contributed by atoms with van der Waals surface area (Å²) in [6.45, 7) is 4.68. The second-order valence-corrected chi connectivity index (χ2v) is 4.67. The molecule has 4 heteroatoms. The summed E-state index contributed by atoms with van der Waals surface area (Å²) in [4.78, 5) is 6.75. The highest BCUT2D eigenvalue weighted by atomic mass is 16.5. The zero-order valence-electron chi connectivity index (χ0n) is 12.0. The van der Waals surface area contributed by atoms with Crippen LogP contribution in [-0.4, -0.2) is 23.5 Å². The van der Waals surface area contributed by atoms with Gasteiger partial charge >= 0.3 is 0 Å². The van der Waals surface area contributed by atoms with Gasteiger partial charge in [-0.15, -0.1) is 0 Å². The van der Waals surface area contributed by atoms with E-state index >= 15 is 0 Å². The number of ether oxygens (including phenoxy) is 1. The number of pyridine rings is 1. The summed E-state index contributed by atoms with van der Waals surface area (Å²) in [5, 5.41) is 0. The molecular formula is C16H21N3O. The van der Waals surface area contributed by atoms with Crippen molar-refractivity contribution >= 4 is 5.69 Å². The molecule has 20 heavy (non-hydrogen) atoms. The third-order valence-corrected chi connectivity index (χ3v) is 3.27. The van der Waals surface area contributed by atoms with Crippen LogP contribution >= 0.6 is 0 Å². The van der Waals surface area contributed by atoms with Crippen LogP contribution in [0.4, 0.5) is 5.69 Å². The van der Waals surface area contributed by atoms with E-state index < -0.39 is 0 Å². The van der Waals surface area contributed by atoms with Gasteiger partial charge < -0.3 is 10.5 Å². The van der Waals surface area contributed by atoms with Crippen molar-refractivity contribution in [2.45, 2.75) is 20.0 Å². The van der Waals surface area contributed by atoms with Gasteiger partial charge in [0, 0.05) is 24.8 Å². The Bertz CT molecular complexity index is 557. The molecule has 106 valence electrons. The van der Waals surface area contributed by atoms with Gasteiger partial charge in [0.25, 0.3) is 0 Å². The van der Waals surface area contributed by atoms with Crippen molar-refractivity contribution < 1.29 is 4.74 Å². The minimum Gasteiger partial charge on any atom is -0.481 e. The number of nitrogens with zero attached hydrogens (tertiary/aromatic N) is 2. The Kier molecular flexibility index (Phi) is 4.96. The first kappa shape index (κ1) is 14.3. The maximum atomic E-state index is 6.00. The summed E-state index contributed by atoms with van der Waals surface area (Å²) in [5.41, 5.74) is 8.99. The smallest absolute Gasteiger partial charge is 0.213 e. The molecule has 4 nitrogen and oxygen atoms in total. The predicted octanol–water partition coefficient (Wildman–Crippen LogP) is 2.69. The molecule has 0 unspecified atom stereocenters. The molecule has 0 spiro atoms. The first-order chi connectivity index (χ1) is 9.72. The van der Waals surface area contributed by atoms with E-state index in [4.69, 9.17) is 10.5 Å². The summed E-state index contributed by atoms with van der Waals surface area (Å²) >= 11 is 0. The molecule has 0 saturated heterocycles. The van der Waals surface area contributed by atoms with Gasteiger partial charge in [-0.1, -0.05) is 31.2 Å². The Morgan fingerprint density at radius 2 is 1.90 bits per heavy atom. The minimum absolute atomic E-state index is 0.651. The number of hydrogen-bond donors (Lipinski definition) is 1. The van der Waals surface area contributed by atoms with Crippen molar-refractivity contribution in [3.05, 3.63) is 53.7 Å². The fourth-order valence-electron chi connectivity index (χ4n) is 2.09. The molecule has 1 aromatic heterocycles. The van der Waals surface area contributed by atoms with Crippen molar-refractivity contribution in [2.75, 3.05) is 19.4 Å². The van der Waals surface area contributed by atoms with Crippen molar-refractivity contribution in [2.24, 2.45) is 0 Å². The quantitative estimate of drug-likeness (QED) is 0.821. The molecule has 0 amide bonds. The van der Waals surface area contributed by atoms with Crippen LogP contribution in [0.15, 0.2) is 42.5 Å². The summed E-state index contributed by atoms with van der Waals surface area (Å²) < 4.78 is 5.16. The van der Waals surface area contributed by atoms with Crippen molar-refractivity contribution in [3.63, 3.8) is 0 Å². The first-order valence-corrected chi connectivity index (χ1v) is 6.78. The molecule has 0 bridgehead atoms. The van der Waals surface area contributed by atoms with Gasteiger partial charge in [-0.05, 0) is 24.2 Å². The van der Waals surface area contributed by atoms with E-state index in [0.717, 1.165) is 36.6 Å². The molecule has 0 aliphatic carbocycles. The second-order valence-electron chi connectivity index (χ2n) is 4.67. The highest BCUT2D eigenvalue weighted by Crippen LogP contribution is 2.15. The van der Waals surface area contributed by atoms with Crippen LogP contribution < -0.4 is 10.5 Å². The number of rotatable bonds is 6. The van der Waals surface area contributed by atoms with E-state index in [2.05, 4.69) is 22.9 Å². The Labute approximate surface area is 120 Å². The standard InChI is InChI=1S/C16H21N3O/c1-3-19(11-13-7-4-5-9-15(13)17)12-14-8-6-10-16(18-14)20-2/h4-10H,3,11-12,17H2,1-2H3. The summed E-state index contributed by atoms with van der Waals surface area (Å²) in [7, 11) is 1.63. The number of nitrogen functional groups attached to an aromatic ring is 1. The summed E-state index contributed by atoms with van der Waals surface area (Å²) in [6.07, 6.45) is 0. The van der Waals surface area contributed by atoms with Gasteiger partial charge in [-0.2, -0.15) is 0 Å². The third-order valence-electron chi connectivity index (χ3n) is 3.27. The lowest BCUT2D eigenvalue weighted by atomic mass is 10.1. The lowest BCUT2D eigenvalue weighted by Gasteiger charge is -2.21. The highest BCUT2D eigenvalue weighted by molar-refractivity contribution is 5.46. The fraction of sp³-hybridized carbons (Fsp3) is 0.312. The molecule has 0 saturated carbocycles. The molecule has 1 aromatic carbocycles. The van der Waals surface area contributed by atoms with Gasteiger partial charge in [0.2, 0.25) is 5.88 Å². The van der Waals surface area contributed by atoms with Gasteiger partial charge in [0.15, 0.2) is 0 Å². The molecule has 2 N–H and O–H groups in total. The number of anilines is 1. The average molecular weight is 271 g/mol. The normalized spacial score (nSPS) is 10.8. The van der Waals surface area contributed by atoms with Crippen LogP contribution in [-0.2, 0) is 13.1 Å². The number of para-hydroxylation sites is 1. The van der Waals surface area contributed by atoms with Gasteiger partial charge in [0.05, 0.1) is 12.8 Å². The van der Waals surface area contributed by atoms with Crippen LogP contribution in [0.3, 0.4) is 0 Å². The zero-order valence-corrected chi connectivity index (χ0v) is 12.0. The highest BCUT2D eigenvalue weighted by Gasteiger charge is 2.08. The van der Waals surface area contributed by atoms with Gasteiger partial charge in [0.1, 0.15) is 0 Å². The first-order valence-electron chi connectivity index (χ1n) is 6.78. The van der Waals surface area contributed by atoms with E-state index in [1.807, 2.05) is 36.4 Å². The van der Waals surface area contributed by atoms with Gasteiger partial charge in [-0.25, -0.2) is 4.98 Å². The van der Waals surface area contributed by atoms with Crippen LogP contribution in [0.25, 0.3) is 0 Å². The zero-order chi connectivity index (χ0) is 14.4. The molecule has 0 aliphatic heterocycles. The molecule has 0 fully saturated rings. The van der Waals surface area contributed by atoms with E-state index in [1.54, 1.807) is 7.11 Å². The Hall–Kier alpha value is -2.07. The third kappa shape index (κ3) is 3.71. The maximum absolute atomic E-state index is 6.00.